The van der Waals surface area contributed by atoms with E-state index in [4.69, 9.17) is 4.74 Å². The van der Waals surface area contributed by atoms with E-state index in [9.17, 15) is 5.11 Å². The van der Waals surface area contributed by atoms with E-state index in [1.54, 1.807) is 7.11 Å². The molecular weight excluding hydrogens is 214 g/mol. The van der Waals surface area contributed by atoms with Crippen molar-refractivity contribution in [2.75, 3.05) is 20.3 Å². The first-order valence-corrected chi connectivity index (χ1v) is 5.97. The van der Waals surface area contributed by atoms with Crippen LogP contribution in [0.15, 0.2) is 24.3 Å². The van der Waals surface area contributed by atoms with Crippen LogP contribution in [0.1, 0.15) is 32.4 Å². The Balaban J connectivity index is 2.54. The summed E-state index contributed by atoms with van der Waals surface area (Å²) in [6.45, 7) is 7.18. The molecule has 0 aliphatic heterocycles. The topological polar surface area (TPSA) is 41.5 Å². The van der Waals surface area contributed by atoms with Gasteiger partial charge in [0, 0.05) is 24.6 Å². The van der Waals surface area contributed by atoms with Crippen LogP contribution in [0, 0.1) is 5.41 Å². The fourth-order valence-electron chi connectivity index (χ4n) is 1.50. The number of rotatable bonds is 6. The van der Waals surface area contributed by atoms with Crippen molar-refractivity contribution in [2.45, 2.75) is 26.8 Å². The highest BCUT2D eigenvalue weighted by molar-refractivity contribution is 5.28. The van der Waals surface area contributed by atoms with Crippen LogP contribution in [0.3, 0.4) is 0 Å². The van der Waals surface area contributed by atoms with Crippen molar-refractivity contribution in [1.82, 2.24) is 5.32 Å². The molecule has 1 unspecified atom stereocenters. The summed E-state index contributed by atoms with van der Waals surface area (Å²) in [7, 11) is 1.67. The molecule has 2 N–H and O–H groups in total. The predicted molar refractivity (Wildman–Crippen MR) is 70.3 cm³/mol. The van der Waals surface area contributed by atoms with E-state index in [1.165, 1.54) is 5.56 Å². The van der Waals surface area contributed by atoms with Crippen LogP contribution in [0.2, 0.25) is 0 Å². The second-order valence-corrected chi connectivity index (χ2v) is 5.20. The lowest BCUT2D eigenvalue weighted by Gasteiger charge is -2.25. The van der Waals surface area contributed by atoms with E-state index in [0.717, 1.165) is 12.3 Å². The van der Waals surface area contributed by atoms with Gasteiger partial charge in [-0.15, -0.1) is 0 Å². The number of nitrogens with one attached hydrogen (secondary N) is 1. The van der Waals surface area contributed by atoms with Crippen molar-refractivity contribution in [1.29, 1.82) is 0 Å². The normalized spacial score (nSPS) is 13.5. The summed E-state index contributed by atoms with van der Waals surface area (Å²) >= 11 is 0. The van der Waals surface area contributed by atoms with Crippen molar-refractivity contribution in [2.24, 2.45) is 5.41 Å². The molecule has 96 valence electrons. The van der Waals surface area contributed by atoms with Crippen molar-refractivity contribution in [3.63, 3.8) is 0 Å². The Hall–Kier alpha value is -1.06. The third kappa shape index (κ3) is 4.36. The number of benzene rings is 1. The standard InChI is InChI=1S/C14H23NO2/c1-11(15-9-14(2,3)10-16)12-5-7-13(17-4)8-6-12/h5-8,11,15-16H,9-10H2,1-4H3. The van der Waals surface area contributed by atoms with Gasteiger partial charge in [0.15, 0.2) is 0 Å². The highest BCUT2D eigenvalue weighted by atomic mass is 16.5. The molecule has 1 aromatic rings. The Kier molecular flexibility index (Phi) is 4.97. The minimum Gasteiger partial charge on any atom is -0.497 e. The SMILES string of the molecule is COc1ccc(C(C)NCC(C)(C)CO)cc1. The maximum Gasteiger partial charge on any atom is 0.118 e. The van der Waals surface area contributed by atoms with Crippen molar-refractivity contribution < 1.29 is 9.84 Å². The molecule has 3 heteroatoms. The van der Waals surface area contributed by atoms with Crippen molar-refractivity contribution >= 4 is 0 Å². The summed E-state index contributed by atoms with van der Waals surface area (Å²) in [5, 5.41) is 12.6. The zero-order valence-corrected chi connectivity index (χ0v) is 11.2. The van der Waals surface area contributed by atoms with Crippen LogP contribution < -0.4 is 10.1 Å². The third-order valence-electron chi connectivity index (χ3n) is 2.93. The highest BCUT2D eigenvalue weighted by Crippen LogP contribution is 2.19. The van der Waals surface area contributed by atoms with E-state index in [0.29, 0.717) is 0 Å². The van der Waals surface area contributed by atoms with Crippen LogP contribution in [0.5, 0.6) is 5.75 Å². The lowest BCUT2D eigenvalue weighted by atomic mass is 9.94. The first-order valence-electron chi connectivity index (χ1n) is 5.97. The zero-order valence-electron chi connectivity index (χ0n) is 11.2. The maximum atomic E-state index is 9.19. The van der Waals surface area contributed by atoms with Gasteiger partial charge >= 0.3 is 0 Å². The zero-order chi connectivity index (χ0) is 12.9. The van der Waals surface area contributed by atoms with Gasteiger partial charge in [0.05, 0.1) is 7.11 Å². The van der Waals surface area contributed by atoms with Gasteiger partial charge in [-0.05, 0) is 24.6 Å². The van der Waals surface area contributed by atoms with E-state index in [1.807, 2.05) is 26.0 Å². The summed E-state index contributed by atoms with van der Waals surface area (Å²) in [6, 6.07) is 8.31. The Labute approximate surface area is 104 Å². The molecule has 0 fully saturated rings. The molecule has 0 bridgehead atoms. The van der Waals surface area contributed by atoms with Crippen molar-refractivity contribution in [3.05, 3.63) is 29.8 Å². The highest BCUT2D eigenvalue weighted by Gasteiger charge is 2.17. The average Bonchev–Trinajstić information content (AvgIpc) is 2.36. The second-order valence-electron chi connectivity index (χ2n) is 5.20. The molecule has 1 rings (SSSR count). The summed E-state index contributed by atoms with van der Waals surface area (Å²) in [4.78, 5) is 0. The van der Waals surface area contributed by atoms with E-state index in [-0.39, 0.29) is 18.1 Å². The van der Waals surface area contributed by atoms with Gasteiger partial charge in [0.1, 0.15) is 5.75 Å². The molecular formula is C14H23NO2. The maximum absolute atomic E-state index is 9.19. The minimum atomic E-state index is -0.0826. The molecule has 0 saturated heterocycles. The van der Waals surface area contributed by atoms with E-state index >= 15 is 0 Å². The number of aliphatic hydroxyl groups excluding tert-OH is 1. The smallest absolute Gasteiger partial charge is 0.118 e. The van der Waals surface area contributed by atoms with Crippen LogP contribution in [-0.2, 0) is 0 Å². The molecule has 0 aliphatic carbocycles. The molecule has 0 spiro atoms. The first-order chi connectivity index (χ1) is 7.98. The Morgan fingerprint density at radius 2 is 1.88 bits per heavy atom. The summed E-state index contributed by atoms with van der Waals surface area (Å²) < 4.78 is 5.13. The number of methoxy groups -OCH3 is 1. The Bertz CT molecular complexity index is 333. The molecule has 0 aromatic heterocycles. The van der Waals surface area contributed by atoms with Gasteiger partial charge in [-0.2, -0.15) is 0 Å². The molecule has 0 saturated carbocycles. The number of hydrogen-bond donors (Lipinski definition) is 2. The van der Waals surface area contributed by atoms with Gasteiger partial charge in [-0.1, -0.05) is 26.0 Å². The molecule has 0 radical (unpaired) electrons. The lowest BCUT2D eigenvalue weighted by molar-refractivity contribution is 0.154. The third-order valence-corrected chi connectivity index (χ3v) is 2.93. The van der Waals surface area contributed by atoms with Crippen LogP contribution in [0.25, 0.3) is 0 Å². The molecule has 1 aromatic carbocycles. The second kappa shape index (κ2) is 6.03. The van der Waals surface area contributed by atoms with E-state index < -0.39 is 0 Å². The molecule has 0 heterocycles. The van der Waals surface area contributed by atoms with Gasteiger partial charge < -0.3 is 15.2 Å². The van der Waals surface area contributed by atoms with Crippen LogP contribution >= 0.6 is 0 Å². The van der Waals surface area contributed by atoms with Crippen molar-refractivity contribution in [3.8, 4) is 5.75 Å². The van der Waals surface area contributed by atoms with Gasteiger partial charge in [0.2, 0.25) is 0 Å². The van der Waals surface area contributed by atoms with Crippen LogP contribution in [0.4, 0.5) is 0 Å². The summed E-state index contributed by atoms with van der Waals surface area (Å²) in [5.74, 6) is 0.872. The Morgan fingerprint density at radius 3 is 2.35 bits per heavy atom. The molecule has 1 atom stereocenters. The number of hydrogen-bond acceptors (Lipinski definition) is 3. The number of ether oxygens (including phenoxy) is 1. The first kappa shape index (κ1) is 14.0. The number of aliphatic hydroxyl groups is 1. The van der Waals surface area contributed by atoms with Gasteiger partial charge in [-0.25, -0.2) is 0 Å². The molecule has 17 heavy (non-hydrogen) atoms. The summed E-state index contributed by atoms with van der Waals surface area (Å²) in [6.07, 6.45) is 0. The van der Waals surface area contributed by atoms with E-state index in [2.05, 4.69) is 24.4 Å². The average molecular weight is 237 g/mol. The molecule has 3 nitrogen and oxygen atoms in total. The molecule has 0 aliphatic rings. The van der Waals surface area contributed by atoms with Gasteiger partial charge in [-0.3, -0.25) is 0 Å². The van der Waals surface area contributed by atoms with Crippen LogP contribution in [-0.4, -0.2) is 25.4 Å². The molecule has 0 amide bonds. The quantitative estimate of drug-likeness (QED) is 0.798. The monoisotopic (exact) mass is 237 g/mol. The Morgan fingerprint density at radius 1 is 1.29 bits per heavy atom. The minimum absolute atomic E-state index is 0.0826. The summed E-state index contributed by atoms with van der Waals surface area (Å²) in [5.41, 5.74) is 1.14. The fraction of sp³-hybridized carbons (Fsp3) is 0.571. The van der Waals surface area contributed by atoms with Gasteiger partial charge in [0.25, 0.3) is 0 Å². The fourth-order valence-corrected chi connectivity index (χ4v) is 1.50. The lowest BCUT2D eigenvalue weighted by Crippen LogP contribution is -2.33. The predicted octanol–water partition coefficient (Wildman–Crippen LogP) is 2.36. The largest absolute Gasteiger partial charge is 0.497 e.